The monoisotopic (exact) mass is 373 g/mol. The van der Waals surface area contributed by atoms with Gasteiger partial charge in [-0.3, -0.25) is 9.59 Å². The number of carboxylic acids is 1. The van der Waals surface area contributed by atoms with Gasteiger partial charge < -0.3 is 14.4 Å². The first-order chi connectivity index (χ1) is 12.9. The molecule has 1 aromatic carbocycles. The fraction of sp³-hybridized carbons (Fsp3) is 0.211. The lowest BCUT2D eigenvalue weighted by atomic mass is 10.1. The quantitative estimate of drug-likeness (QED) is 0.691. The molecule has 1 N–H and O–H groups in total. The van der Waals surface area contributed by atoms with E-state index in [0.717, 1.165) is 12.1 Å². The maximum Gasteiger partial charge on any atom is 0.305 e. The molecule has 6 nitrogen and oxygen atoms in total. The van der Waals surface area contributed by atoms with Gasteiger partial charge in [-0.2, -0.15) is 0 Å². The number of rotatable bonds is 7. The van der Waals surface area contributed by atoms with E-state index in [1.165, 1.54) is 11.0 Å². The van der Waals surface area contributed by atoms with E-state index < -0.39 is 17.6 Å². The van der Waals surface area contributed by atoms with Gasteiger partial charge in [0.25, 0.3) is 0 Å². The van der Waals surface area contributed by atoms with Crippen molar-refractivity contribution in [2.24, 2.45) is 0 Å². The van der Waals surface area contributed by atoms with Crippen molar-refractivity contribution in [1.82, 2.24) is 14.3 Å². The number of halogens is 2. The van der Waals surface area contributed by atoms with Gasteiger partial charge in [-0.25, -0.2) is 13.8 Å². The number of pyridine rings is 1. The highest BCUT2D eigenvalue weighted by Crippen LogP contribution is 2.13. The molecule has 0 fully saturated rings. The summed E-state index contributed by atoms with van der Waals surface area (Å²) < 4.78 is 28.3. The van der Waals surface area contributed by atoms with E-state index in [1.807, 2.05) is 12.1 Å². The van der Waals surface area contributed by atoms with Crippen molar-refractivity contribution in [2.45, 2.75) is 19.4 Å². The van der Waals surface area contributed by atoms with Crippen molar-refractivity contribution >= 4 is 17.5 Å². The number of carboxylic acid groups (broad SMARTS) is 1. The van der Waals surface area contributed by atoms with E-state index in [4.69, 9.17) is 5.11 Å². The molecule has 0 radical (unpaired) electrons. The van der Waals surface area contributed by atoms with Crippen LogP contribution >= 0.6 is 0 Å². The van der Waals surface area contributed by atoms with Crippen molar-refractivity contribution in [2.75, 3.05) is 6.54 Å². The summed E-state index contributed by atoms with van der Waals surface area (Å²) >= 11 is 0. The van der Waals surface area contributed by atoms with Crippen molar-refractivity contribution in [1.29, 1.82) is 0 Å². The summed E-state index contributed by atoms with van der Waals surface area (Å²) in [6.07, 6.45) is 3.26. The average molecular weight is 373 g/mol. The fourth-order valence-corrected chi connectivity index (χ4v) is 2.72. The van der Waals surface area contributed by atoms with Gasteiger partial charge in [0.2, 0.25) is 5.91 Å². The molecule has 0 bridgehead atoms. The van der Waals surface area contributed by atoms with E-state index in [-0.39, 0.29) is 31.8 Å². The van der Waals surface area contributed by atoms with E-state index in [1.54, 1.807) is 22.9 Å². The number of hydrogen-bond acceptors (Lipinski definition) is 3. The summed E-state index contributed by atoms with van der Waals surface area (Å²) in [5, 5.41) is 8.91. The Bertz CT molecular complexity index is 954. The molecule has 27 heavy (non-hydrogen) atoms. The molecule has 2 heterocycles. The number of benzene rings is 1. The molecule has 3 rings (SSSR count). The second kappa shape index (κ2) is 7.94. The van der Waals surface area contributed by atoms with Gasteiger partial charge in [0.15, 0.2) is 11.6 Å². The zero-order valence-electron chi connectivity index (χ0n) is 14.3. The topological polar surface area (TPSA) is 74.9 Å². The highest BCUT2D eigenvalue weighted by atomic mass is 19.2. The molecule has 0 saturated carbocycles. The fourth-order valence-electron chi connectivity index (χ4n) is 2.72. The molecule has 0 aliphatic carbocycles. The Morgan fingerprint density at radius 3 is 2.67 bits per heavy atom. The lowest BCUT2D eigenvalue weighted by molar-refractivity contribution is -0.138. The first-order valence-corrected chi connectivity index (χ1v) is 8.28. The zero-order chi connectivity index (χ0) is 19.4. The van der Waals surface area contributed by atoms with Crippen LogP contribution in [0.1, 0.15) is 17.7 Å². The number of fused-ring (bicyclic) bond motifs is 1. The minimum absolute atomic E-state index is 0.0172. The van der Waals surface area contributed by atoms with Crippen LogP contribution in [0.5, 0.6) is 0 Å². The number of amides is 1. The molecule has 2 aromatic heterocycles. The second-order valence-electron chi connectivity index (χ2n) is 6.08. The number of hydrogen-bond donors (Lipinski definition) is 1. The van der Waals surface area contributed by atoms with Gasteiger partial charge in [0, 0.05) is 25.5 Å². The van der Waals surface area contributed by atoms with Gasteiger partial charge in [-0.1, -0.05) is 12.1 Å². The third-order valence-corrected chi connectivity index (χ3v) is 4.05. The minimum Gasteiger partial charge on any atom is -0.481 e. The van der Waals surface area contributed by atoms with E-state index in [2.05, 4.69) is 4.98 Å². The van der Waals surface area contributed by atoms with Crippen LogP contribution in [0.3, 0.4) is 0 Å². The number of carbonyl (C=O) groups is 2. The number of imidazole rings is 1. The maximum atomic E-state index is 13.4. The van der Waals surface area contributed by atoms with E-state index in [9.17, 15) is 18.4 Å². The lowest BCUT2D eigenvalue weighted by Crippen LogP contribution is -2.34. The van der Waals surface area contributed by atoms with Gasteiger partial charge in [-0.15, -0.1) is 0 Å². The number of carbonyl (C=O) groups excluding carboxylic acids is 1. The summed E-state index contributed by atoms with van der Waals surface area (Å²) in [6.45, 7) is -0.0583. The summed E-state index contributed by atoms with van der Waals surface area (Å²) in [5.41, 5.74) is 1.61. The van der Waals surface area contributed by atoms with E-state index in [0.29, 0.717) is 16.9 Å². The molecule has 0 aliphatic rings. The summed E-state index contributed by atoms with van der Waals surface area (Å²) in [4.78, 5) is 29.2. The molecule has 8 heteroatoms. The van der Waals surface area contributed by atoms with Gasteiger partial charge in [0.05, 0.1) is 18.5 Å². The summed E-state index contributed by atoms with van der Waals surface area (Å²) in [7, 11) is 0. The Morgan fingerprint density at radius 1 is 1.15 bits per heavy atom. The highest BCUT2D eigenvalue weighted by molar-refractivity contribution is 5.79. The Labute approximate surface area is 153 Å². The number of aromatic nitrogens is 2. The van der Waals surface area contributed by atoms with Crippen LogP contribution in [0.25, 0.3) is 5.65 Å². The molecule has 140 valence electrons. The normalized spacial score (nSPS) is 10.9. The third-order valence-electron chi connectivity index (χ3n) is 4.05. The number of nitrogens with zero attached hydrogens (tertiary/aromatic N) is 3. The van der Waals surface area contributed by atoms with Gasteiger partial charge in [0.1, 0.15) is 5.65 Å². The van der Waals surface area contributed by atoms with Crippen LogP contribution in [0.4, 0.5) is 8.78 Å². The molecular formula is C19H17F2N3O3. The highest BCUT2D eigenvalue weighted by Gasteiger charge is 2.18. The largest absolute Gasteiger partial charge is 0.481 e. The first-order valence-electron chi connectivity index (χ1n) is 8.28. The lowest BCUT2D eigenvalue weighted by Gasteiger charge is -2.22. The Kier molecular flexibility index (Phi) is 5.44. The summed E-state index contributed by atoms with van der Waals surface area (Å²) in [5.74, 6) is -3.39. The van der Waals surface area contributed by atoms with Crippen LogP contribution in [-0.4, -0.2) is 37.8 Å². The molecule has 1 amide bonds. The predicted octanol–water partition coefficient (Wildman–Crippen LogP) is 2.66. The third kappa shape index (κ3) is 4.66. The SMILES string of the molecule is O=C(O)CCN(Cc1ccc(F)c(F)c1)C(=O)Cc1cn2ccccc2n1. The van der Waals surface area contributed by atoms with E-state index >= 15 is 0 Å². The van der Waals surface area contributed by atoms with Gasteiger partial charge >= 0.3 is 5.97 Å². The van der Waals surface area contributed by atoms with Crippen LogP contribution in [0.15, 0.2) is 48.8 Å². The average Bonchev–Trinajstić information content (AvgIpc) is 3.03. The molecule has 0 saturated heterocycles. The minimum atomic E-state index is -1.05. The van der Waals surface area contributed by atoms with Crippen LogP contribution in [0.2, 0.25) is 0 Å². The van der Waals surface area contributed by atoms with Crippen LogP contribution in [0, 0.1) is 11.6 Å². The molecule has 0 aliphatic heterocycles. The Morgan fingerprint density at radius 2 is 1.96 bits per heavy atom. The first kappa shape index (κ1) is 18.5. The smallest absolute Gasteiger partial charge is 0.305 e. The Balaban J connectivity index is 1.76. The number of aliphatic carboxylic acids is 1. The molecular weight excluding hydrogens is 356 g/mol. The van der Waals surface area contributed by atoms with Crippen molar-refractivity contribution in [3.05, 3.63) is 71.7 Å². The van der Waals surface area contributed by atoms with Crippen LogP contribution in [-0.2, 0) is 22.6 Å². The molecule has 0 unspecified atom stereocenters. The standard InChI is InChI=1S/C19H17F2N3O3/c20-15-5-4-13(9-16(15)21)11-24(8-6-19(26)27)18(25)10-14-12-23-7-2-1-3-17(23)22-14/h1-5,7,9,12H,6,8,10-11H2,(H,26,27). The summed E-state index contributed by atoms with van der Waals surface area (Å²) in [6, 6.07) is 8.81. The van der Waals surface area contributed by atoms with Crippen molar-refractivity contribution in [3.63, 3.8) is 0 Å². The second-order valence-corrected chi connectivity index (χ2v) is 6.08. The zero-order valence-corrected chi connectivity index (χ0v) is 14.3. The van der Waals surface area contributed by atoms with Crippen LogP contribution < -0.4 is 0 Å². The molecule has 0 atom stereocenters. The van der Waals surface area contributed by atoms with Gasteiger partial charge in [-0.05, 0) is 29.8 Å². The Hall–Kier alpha value is -3.29. The maximum absolute atomic E-state index is 13.4. The predicted molar refractivity (Wildman–Crippen MR) is 92.9 cm³/mol. The van der Waals surface area contributed by atoms with Crippen molar-refractivity contribution in [3.8, 4) is 0 Å². The van der Waals surface area contributed by atoms with Crippen molar-refractivity contribution < 1.29 is 23.5 Å². The molecule has 3 aromatic rings. The molecule has 0 spiro atoms.